The second kappa shape index (κ2) is 8.21. The van der Waals surface area contributed by atoms with E-state index in [9.17, 15) is 14.4 Å². The zero-order chi connectivity index (χ0) is 21.1. The SMILES string of the molecule is COc1ccccc1CCC(=O)Nc1cccc(N2C(=O)c3ccccc3C2=O)c1. The molecule has 3 aromatic carbocycles. The summed E-state index contributed by atoms with van der Waals surface area (Å²) < 4.78 is 5.31. The van der Waals surface area contributed by atoms with Crippen molar-refractivity contribution in [3.05, 3.63) is 89.5 Å². The van der Waals surface area contributed by atoms with Crippen molar-refractivity contribution in [1.82, 2.24) is 0 Å². The minimum absolute atomic E-state index is 0.166. The van der Waals surface area contributed by atoms with Crippen molar-refractivity contribution in [3.63, 3.8) is 0 Å². The highest BCUT2D eigenvalue weighted by Gasteiger charge is 2.36. The molecule has 4 rings (SSSR count). The molecule has 0 atom stereocenters. The molecule has 150 valence electrons. The fourth-order valence-corrected chi connectivity index (χ4v) is 3.53. The highest BCUT2D eigenvalue weighted by atomic mass is 16.5. The van der Waals surface area contributed by atoms with Crippen LogP contribution in [0.1, 0.15) is 32.7 Å². The number of carbonyl (C=O) groups excluding carboxylic acids is 3. The number of nitrogens with one attached hydrogen (secondary N) is 1. The first-order chi connectivity index (χ1) is 14.6. The van der Waals surface area contributed by atoms with E-state index in [1.54, 1.807) is 55.6 Å². The van der Waals surface area contributed by atoms with Crippen LogP contribution in [0.4, 0.5) is 11.4 Å². The van der Waals surface area contributed by atoms with Crippen molar-refractivity contribution in [1.29, 1.82) is 0 Å². The summed E-state index contributed by atoms with van der Waals surface area (Å²) in [5.74, 6) is -0.149. The number of rotatable bonds is 6. The van der Waals surface area contributed by atoms with Gasteiger partial charge < -0.3 is 10.1 Å². The molecule has 0 bridgehead atoms. The molecule has 0 saturated carbocycles. The van der Waals surface area contributed by atoms with Crippen molar-refractivity contribution in [2.24, 2.45) is 0 Å². The van der Waals surface area contributed by atoms with Crippen molar-refractivity contribution in [3.8, 4) is 5.75 Å². The second-order valence-electron chi connectivity index (χ2n) is 6.90. The Bertz CT molecular complexity index is 1100. The number of benzene rings is 3. The lowest BCUT2D eigenvalue weighted by Gasteiger charge is -2.15. The van der Waals surface area contributed by atoms with E-state index in [-0.39, 0.29) is 24.1 Å². The van der Waals surface area contributed by atoms with E-state index in [0.29, 0.717) is 28.9 Å². The molecule has 3 aromatic rings. The molecule has 30 heavy (non-hydrogen) atoms. The number of ether oxygens (including phenoxy) is 1. The monoisotopic (exact) mass is 400 g/mol. The zero-order valence-electron chi connectivity index (χ0n) is 16.4. The van der Waals surface area contributed by atoms with Gasteiger partial charge in [-0.1, -0.05) is 36.4 Å². The van der Waals surface area contributed by atoms with Crippen LogP contribution in [0.5, 0.6) is 5.75 Å². The highest BCUT2D eigenvalue weighted by molar-refractivity contribution is 6.34. The number of amides is 3. The Morgan fingerprint density at radius 3 is 2.27 bits per heavy atom. The smallest absolute Gasteiger partial charge is 0.266 e. The van der Waals surface area contributed by atoms with E-state index in [0.717, 1.165) is 16.2 Å². The van der Waals surface area contributed by atoms with Gasteiger partial charge >= 0.3 is 0 Å². The van der Waals surface area contributed by atoms with Crippen molar-refractivity contribution < 1.29 is 19.1 Å². The molecule has 1 aliphatic rings. The van der Waals surface area contributed by atoms with Gasteiger partial charge in [-0.3, -0.25) is 14.4 Å². The lowest BCUT2D eigenvalue weighted by atomic mass is 10.1. The summed E-state index contributed by atoms with van der Waals surface area (Å²) in [5, 5.41) is 2.84. The molecule has 0 unspecified atom stereocenters. The van der Waals surface area contributed by atoms with Crippen molar-refractivity contribution in [2.45, 2.75) is 12.8 Å². The lowest BCUT2D eigenvalue weighted by Crippen LogP contribution is -2.29. The zero-order valence-corrected chi connectivity index (χ0v) is 16.4. The molecular formula is C24H20N2O4. The molecule has 3 amide bonds. The number of hydrogen-bond acceptors (Lipinski definition) is 4. The Morgan fingerprint density at radius 2 is 1.57 bits per heavy atom. The molecule has 0 fully saturated rings. The van der Waals surface area contributed by atoms with Crippen LogP contribution in [0.3, 0.4) is 0 Å². The van der Waals surface area contributed by atoms with Gasteiger partial charge in [0, 0.05) is 12.1 Å². The van der Waals surface area contributed by atoms with Crippen LogP contribution in [-0.4, -0.2) is 24.8 Å². The number of methoxy groups -OCH3 is 1. The number of para-hydroxylation sites is 1. The second-order valence-corrected chi connectivity index (χ2v) is 6.90. The maximum atomic E-state index is 12.7. The first-order valence-corrected chi connectivity index (χ1v) is 9.58. The number of anilines is 2. The van der Waals surface area contributed by atoms with Gasteiger partial charge in [-0.2, -0.15) is 0 Å². The summed E-state index contributed by atoms with van der Waals surface area (Å²) in [6.45, 7) is 0. The minimum atomic E-state index is -0.366. The summed E-state index contributed by atoms with van der Waals surface area (Å²) in [6, 6.07) is 21.0. The number of carbonyl (C=O) groups is 3. The summed E-state index contributed by atoms with van der Waals surface area (Å²) in [5.41, 5.74) is 2.66. The molecule has 1 heterocycles. The molecule has 0 aromatic heterocycles. The Balaban J connectivity index is 1.46. The number of hydrogen-bond donors (Lipinski definition) is 1. The maximum Gasteiger partial charge on any atom is 0.266 e. The Morgan fingerprint density at radius 1 is 0.900 bits per heavy atom. The molecule has 6 heteroatoms. The van der Waals surface area contributed by atoms with Gasteiger partial charge in [0.15, 0.2) is 0 Å². The average Bonchev–Trinajstić information content (AvgIpc) is 3.03. The van der Waals surface area contributed by atoms with Gasteiger partial charge in [0.25, 0.3) is 11.8 Å². The first-order valence-electron chi connectivity index (χ1n) is 9.58. The standard InChI is InChI=1S/C24H20N2O4/c1-30-21-12-5-2-7-16(21)13-14-22(27)25-17-8-6-9-18(15-17)26-23(28)19-10-3-4-11-20(19)24(26)29/h2-12,15H,13-14H2,1H3,(H,25,27). The number of fused-ring (bicyclic) bond motifs is 1. The largest absolute Gasteiger partial charge is 0.496 e. The van der Waals surface area contributed by atoms with Gasteiger partial charge in [0.1, 0.15) is 5.75 Å². The van der Waals surface area contributed by atoms with E-state index < -0.39 is 0 Å². The highest BCUT2D eigenvalue weighted by Crippen LogP contribution is 2.29. The molecule has 6 nitrogen and oxygen atoms in total. The predicted molar refractivity (Wildman–Crippen MR) is 114 cm³/mol. The number of aryl methyl sites for hydroxylation is 1. The van der Waals surface area contributed by atoms with Crippen molar-refractivity contribution in [2.75, 3.05) is 17.3 Å². The Hall–Kier alpha value is -3.93. The summed E-state index contributed by atoms with van der Waals surface area (Å²) >= 11 is 0. The number of nitrogens with zero attached hydrogens (tertiary/aromatic N) is 1. The van der Waals surface area contributed by atoms with Crippen LogP contribution in [0.2, 0.25) is 0 Å². The normalized spacial score (nSPS) is 12.6. The van der Waals surface area contributed by atoms with Crippen LogP contribution in [0, 0.1) is 0 Å². The van der Waals surface area contributed by atoms with Crippen LogP contribution in [0.25, 0.3) is 0 Å². The molecule has 0 saturated heterocycles. The van der Waals surface area contributed by atoms with E-state index in [1.165, 1.54) is 0 Å². The topological polar surface area (TPSA) is 75.7 Å². The third-order valence-electron chi connectivity index (χ3n) is 5.00. The molecule has 1 N–H and O–H groups in total. The average molecular weight is 400 g/mol. The fraction of sp³-hybridized carbons (Fsp3) is 0.125. The Kier molecular flexibility index (Phi) is 5.30. The van der Waals surface area contributed by atoms with Gasteiger partial charge in [0.2, 0.25) is 5.91 Å². The van der Waals surface area contributed by atoms with Gasteiger partial charge in [-0.25, -0.2) is 4.90 Å². The molecule has 0 aliphatic carbocycles. The van der Waals surface area contributed by atoms with E-state index in [1.807, 2.05) is 24.3 Å². The number of imide groups is 1. The first kappa shape index (κ1) is 19.4. The third kappa shape index (κ3) is 3.67. The van der Waals surface area contributed by atoms with E-state index >= 15 is 0 Å². The molecule has 0 radical (unpaired) electrons. The van der Waals surface area contributed by atoms with Gasteiger partial charge in [0.05, 0.1) is 23.9 Å². The van der Waals surface area contributed by atoms with Crippen LogP contribution < -0.4 is 15.0 Å². The molecule has 0 spiro atoms. The summed E-state index contributed by atoms with van der Waals surface area (Å²) in [4.78, 5) is 38.9. The summed E-state index contributed by atoms with van der Waals surface area (Å²) in [6.07, 6.45) is 0.811. The molecular weight excluding hydrogens is 380 g/mol. The minimum Gasteiger partial charge on any atom is -0.496 e. The lowest BCUT2D eigenvalue weighted by molar-refractivity contribution is -0.116. The predicted octanol–water partition coefficient (Wildman–Crippen LogP) is 4.07. The van der Waals surface area contributed by atoms with E-state index in [2.05, 4.69) is 5.32 Å². The molecule has 1 aliphatic heterocycles. The third-order valence-corrected chi connectivity index (χ3v) is 5.00. The van der Waals surface area contributed by atoms with E-state index in [4.69, 9.17) is 4.74 Å². The van der Waals surface area contributed by atoms with Crippen LogP contribution in [0.15, 0.2) is 72.8 Å². The fourth-order valence-electron chi connectivity index (χ4n) is 3.53. The van der Waals surface area contributed by atoms with Crippen molar-refractivity contribution >= 4 is 29.1 Å². The van der Waals surface area contributed by atoms with Gasteiger partial charge in [-0.15, -0.1) is 0 Å². The maximum absolute atomic E-state index is 12.7. The Labute approximate surface area is 174 Å². The summed E-state index contributed by atoms with van der Waals surface area (Å²) in [7, 11) is 1.60. The van der Waals surface area contributed by atoms with Crippen LogP contribution >= 0.6 is 0 Å². The van der Waals surface area contributed by atoms with Crippen LogP contribution in [-0.2, 0) is 11.2 Å². The van der Waals surface area contributed by atoms with Gasteiger partial charge in [-0.05, 0) is 48.4 Å². The quantitative estimate of drug-likeness (QED) is 0.633.